The van der Waals surface area contributed by atoms with Gasteiger partial charge in [-0.05, 0) is 49.2 Å². The van der Waals surface area contributed by atoms with Gasteiger partial charge in [0.15, 0.2) is 0 Å². The molecule has 0 aliphatic carbocycles. The molecule has 140 valence electrons. The van der Waals surface area contributed by atoms with Gasteiger partial charge in [0, 0.05) is 16.6 Å². The van der Waals surface area contributed by atoms with Crippen molar-refractivity contribution in [1.82, 2.24) is 0 Å². The van der Waals surface area contributed by atoms with E-state index in [1.807, 2.05) is 50.2 Å². The number of hydrogen-bond donors (Lipinski definition) is 0. The predicted octanol–water partition coefficient (Wildman–Crippen LogP) is 4.98. The average Bonchev–Trinajstić information content (AvgIpc) is 2.62. The lowest BCUT2D eigenvalue weighted by molar-refractivity contribution is -0.130. The van der Waals surface area contributed by atoms with Crippen LogP contribution in [0, 0.1) is 0 Å². The second kappa shape index (κ2) is 8.04. The van der Waals surface area contributed by atoms with Gasteiger partial charge in [0.05, 0.1) is 0 Å². The molecule has 0 radical (unpaired) electrons. The fourth-order valence-corrected chi connectivity index (χ4v) is 2.45. The first-order valence-electron chi connectivity index (χ1n) is 8.57. The Morgan fingerprint density at radius 2 is 1.15 bits per heavy atom. The van der Waals surface area contributed by atoms with Crippen molar-refractivity contribution in [3.05, 3.63) is 84.0 Å². The molecule has 0 aliphatic rings. The summed E-state index contributed by atoms with van der Waals surface area (Å²) in [6.07, 6.45) is 0. The first kappa shape index (κ1) is 20.2. The molecule has 0 aromatic heterocycles. The van der Waals surface area contributed by atoms with Crippen molar-refractivity contribution in [1.29, 1.82) is 0 Å². The van der Waals surface area contributed by atoms with Crippen molar-refractivity contribution in [2.45, 2.75) is 33.1 Å². The van der Waals surface area contributed by atoms with Gasteiger partial charge in [-0.25, -0.2) is 9.59 Å². The van der Waals surface area contributed by atoms with Crippen LogP contribution in [0.15, 0.2) is 72.8 Å². The number of ether oxygens (including phenoxy) is 2. The van der Waals surface area contributed by atoms with E-state index in [-0.39, 0.29) is 0 Å². The van der Waals surface area contributed by atoms with E-state index in [0.717, 1.165) is 11.1 Å². The summed E-state index contributed by atoms with van der Waals surface area (Å²) < 4.78 is 10.7. The smallest absolute Gasteiger partial charge is 0.338 e. The largest absolute Gasteiger partial charge is 0.423 e. The van der Waals surface area contributed by atoms with Gasteiger partial charge >= 0.3 is 11.9 Å². The van der Waals surface area contributed by atoms with Gasteiger partial charge in [0.25, 0.3) is 0 Å². The summed E-state index contributed by atoms with van der Waals surface area (Å²) in [7, 11) is 0. The molecule has 0 N–H and O–H groups in total. The maximum Gasteiger partial charge on any atom is 0.338 e. The van der Waals surface area contributed by atoms with E-state index >= 15 is 0 Å². The lowest BCUT2D eigenvalue weighted by atomic mass is 9.78. The van der Waals surface area contributed by atoms with Crippen LogP contribution in [0.4, 0.5) is 0 Å². The fourth-order valence-electron chi connectivity index (χ4n) is 2.45. The Bertz CT molecular complexity index is 833. The van der Waals surface area contributed by atoms with E-state index in [9.17, 15) is 9.59 Å². The van der Waals surface area contributed by atoms with E-state index in [1.165, 1.54) is 0 Å². The SMILES string of the molecule is C=C(C)C(=O)Oc1cccc(C(C)(C)c2cccc(OC(=O)C(=C)C)c2)c1. The number of rotatable bonds is 6. The maximum atomic E-state index is 11.8. The molecule has 0 bridgehead atoms. The van der Waals surface area contributed by atoms with Crippen LogP contribution in [0.1, 0.15) is 38.8 Å². The van der Waals surface area contributed by atoms with E-state index in [0.29, 0.717) is 22.6 Å². The van der Waals surface area contributed by atoms with Crippen molar-refractivity contribution in [2.24, 2.45) is 0 Å². The molecular weight excluding hydrogens is 340 g/mol. The first-order chi connectivity index (χ1) is 12.6. The van der Waals surface area contributed by atoms with Crippen molar-refractivity contribution in [3.8, 4) is 11.5 Å². The molecule has 4 nitrogen and oxygen atoms in total. The lowest BCUT2D eigenvalue weighted by Crippen LogP contribution is -2.19. The number of benzene rings is 2. The molecule has 0 amide bonds. The van der Waals surface area contributed by atoms with E-state index in [4.69, 9.17) is 9.47 Å². The molecule has 2 aromatic rings. The maximum absolute atomic E-state index is 11.8. The highest BCUT2D eigenvalue weighted by Gasteiger charge is 2.24. The van der Waals surface area contributed by atoms with E-state index in [2.05, 4.69) is 13.2 Å². The molecule has 0 saturated carbocycles. The molecule has 2 aromatic carbocycles. The van der Waals surface area contributed by atoms with Gasteiger partial charge in [-0.1, -0.05) is 51.3 Å². The van der Waals surface area contributed by atoms with Crippen LogP contribution >= 0.6 is 0 Å². The fraction of sp³-hybridized carbons (Fsp3) is 0.217. The highest BCUT2D eigenvalue weighted by Crippen LogP contribution is 2.35. The van der Waals surface area contributed by atoms with Crippen LogP contribution in [-0.2, 0) is 15.0 Å². The predicted molar refractivity (Wildman–Crippen MR) is 106 cm³/mol. The van der Waals surface area contributed by atoms with Gasteiger partial charge in [-0.3, -0.25) is 0 Å². The Kier molecular flexibility index (Phi) is 6.01. The number of carbonyl (C=O) groups is 2. The zero-order valence-corrected chi connectivity index (χ0v) is 16.2. The Hall–Kier alpha value is -3.14. The summed E-state index contributed by atoms with van der Waals surface area (Å²) in [6, 6.07) is 14.7. The molecule has 27 heavy (non-hydrogen) atoms. The van der Waals surface area contributed by atoms with Gasteiger partial charge < -0.3 is 9.47 Å². The van der Waals surface area contributed by atoms with Crippen LogP contribution in [0.2, 0.25) is 0 Å². The molecule has 4 heteroatoms. The summed E-state index contributed by atoms with van der Waals surface area (Å²) >= 11 is 0. The Balaban J connectivity index is 2.33. The second-order valence-electron chi connectivity index (χ2n) is 7.02. The monoisotopic (exact) mass is 364 g/mol. The molecule has 0 heterocycles. The molecular formula is C23H24O4. The summed E-state index contributed by atoms with van der Waals surface area (Å²) in [5.41, 5.74) is 2.19. The molecule has 0 unspecified atom stereocenters. The Labute approximate surface area is 160 Å². The summed E-state index contributed by atoms with van der Waals surface area (Å²) in [5, 5.41) is 0. The molecule has 0 atom stereocenters. The Morgan fingerprint density at radius 3 is 1.48 bits per heavy atom. The van der Waals surface area contributed by atoms with Crippen LogP contribution in [-0.4, -0.2) is 11.9 Å². The zero-order valence-electron chi connectivity index (χ0n) is 16.2. The third-order valence-electron chi connectivity index (χ3n) is 4.23. The van der Waals surface area contributed by atoms with Crippen molar-refractivity contribution in [3.63, 3.8) is 0 Å². The average molecular weight is 364 g/mol. The zero-order chi connectivity index (χ0) is 20.2. The van der Waals surface area contributed by atoms with E-state index in [1.54, 1.807) is 26.0 Å². The highest BCUT2D eigenvalue weighted by atomic mass is 16.5. The minimum Gasteiger partial charge on any atom is -0.423 e. The number of carbonyl (C=O) groups excluding carboxylic acids is 2. The minimum atomic E-state index is -0.460. The third-order valence-corrected chi connectivity index (χ3v) is 4.23. The lowest BCUT2D eigenvalue weighted by Gasteiger charge is -2.27. The highest BCUT2D eigenvalue weighted by molar-refractivity contribution is 5.89. The van der Waals surface area contributed by atoms with Crippen LogP contribution in [0.5, 0.6) is 11.5 Å². The molecule has 2 rings (SSSR count). The van der Waals surface area contributed by atoms with Crippen LogP contribution in [0.25, 0.3) is 0 Å². The van der Waals surface area contributed by atoms with Gasteiger partial charge in [-0.2, -0.15) is 0 Å². The number of hydrogen-bond acceptors (Lipinski definition) is 4. The molecule has 0 saturated heterocycles. The minimum absolute atomic E-state index is 0.340. The summed E-state index contributed by atoms with van der Waals surface area (Å²) in [5.74, 6) is -0.00537. The molecule has 0 spiro atoms. The second-order valence-corrected chi connectivity index (χ2v) is 7.02. The molecule has 0 aliphatic heterocycles. The molecule has 0 fully saturated rings. The summed E-state index contributed by atoms with van der Waals surface area (Å²) in [6.45, 7) is 14.5. The Morgan fingerprint density at radius 1 is 0.778 bits per heavy atom. The van der Waals surface area contributed by atoms with E-state index < -0.39 is 17.4 Å². The van der Waals surface area contributed by atoms with Gasteiger partial charge in [-0.15, -0.1) is 0 Å². The normalized spacial score (nSPS) is 10.8. The first-order valence-corrected chi connectivity index (χ1v) is 8.57. The van der Waals surface area contributed by atoms with Crippen molar-refractivity contribution < 1.29 is 19.1 Å². The van der Waals surface area contributed by atoms with Gasteiger partial charge in [0.1, 0.15) is 11.5 Å². The van der Waals surface area contributed by atoms with Crippen LogP contribution < -0.4 is 9.47 Å². The topological polar surface area (TPSA) is 52.6 Å². The number of esters is 2. The van der Waals surface area contributed by atoms with Gasteiger partial charge in [0.2, 0.25) is 0 Å². The van der Waals surface area contributed by atoms with Crippen molar-refractivity contribution >= 4 is 11.9 Å². The summed E-state index contributed by atoms with van der Waals surface area (Å²) in [4.78, 5) is 23.5. The van der Waals surface area contributed by atoms with Crippen LogP contribution in [0.3, 0.4) is 0 Å². The quantitative estimate of drug-likeness (QED) is 0.412. The standard InChI is InChI=1S/C23H24O4/c1-15(2)21(24)26-19-11-7-9-17(13-19)23(5,6)18-10-8-12-20(14-18)27-22(25)16(3)4/h7-14H,1,3H2,2,4-6H3. The third kappa shape index (κ3) is 4.94. The van der Waals surface area contributed by atoms with Crippen molar-refractivity contribution in [2.75, 3.05) is 0 Å².